The molecule has 214 valence electrons. The van der Waals surface area contributed by atoms with Crippen molar-refractivity contribution in [1.82, 2.24) is 0 Å². The molecule has 0 aliphatic rings. The molecule has 0 saturated carbocycles. The summed E-state index contributed by atoms with van der Waals surface area (Å²) in [4.78, 5) is 23.4. The molecule has 0 N–H and O–H groups in total. The number of esters is 2. The van der Waals surface area contributed by atoms with E-state index in [0.29, 0.717) is 26.1 Å². The van der Waals surface area contributed by atoms with Gasteiger partial charge in [0.25, 0.3) is 0 Å². The molecule has 0 atom stereocenters. The topological polar surface area (TPSA) is 52.6 Å². The molecule has 0 aliphatic carbocycles. The van der Waals surface area contributed by atoms with Crippen molar-refractivity contribution in [3.63, 3.8) is 0 Å². The lowest BCUT2D eigenvalue weighted by Crippen LogP contribution is -2.06. The monoisotopic (exact) mass is 518 g/mol. The summed E-state index contributed by atoms with van der Waals surface area (Å²) in [6.07, 6.45) is 21.9. The molecule has 0 aliphatic heterocycles. The summed E-state index contributed by atoms with van der Waals surface area (Å²) in [5, 5.41) is 0. The molecule has 0 amide bonds. The molecule has 0 saturated heterocycles. The number of ether oxygens (including phenoxy) is 2. The third-order valence-corrected chi connectivity index (χ3v) is 6.47. The molecule has 0 spiro atoms. The van der Waals surface area contributed by atoms with E-state index in [1.807, 2.05) is 18.2 Å². The van der Waals surface area contributed by atoms with E-state index >= 15 is 0 Å². The molecule has 4 heteroatoms. The van der Waals surface area contributed by atoms with Gasteiger partial charge in [0.2, 0.25) is 0 Å². The minimum absolute atomic E-state index is 0.0448. The molecule has 37 heavy (non-hydrogen) atoms. The van der Waals surface area contributed by atoms with Crippen molar-refractivity contribution in [2.24, 2.45) is 0 Å². The minimum Gasteiger partial charge on any atom is -0.466 e. The molecule has 0 unspecified atom stereocenters. The van der Waals surface area contributed by atoms with E-state index < -0.39 is 0 Å². The first-order chi connectivity index (χ1) is 18.1. The first-order valence-electron chi connectivity index (χ1n) is 15.4. The quantitative estimate of drug-likeness (QED) is 0.107. The molecule has 4 nitrogen and oxygen atoms in total. The maximum absolute atomic E-state index is 11.7. The molecule has 0 aromatic heterocycles. The third-order valence-electron chi connectivity index (χ3n) is 6.47. The van der Waals surface area contributed by atoms with Crippen LogP contribution in [0.2, 0.25) is 0 Å². The van der Waals surface area contributed by atoms with Gasteiger partial charge in [0, 0.05) is 12.8 Å². The Bertz CT molecular complexity index is 578. The fourth-order valence-corrected chi connectivity index (χ4v) is 4.06. The maximum atomic E-state index is 11.7. The molecule has 0 bridgehead atoms. The molecule has 1 rings (SSSR count). The molecular weight excluding hydrogens is 460 g/mol. The van der Waals surface area contributed by atoms with E-state index in [4.69, 9.17) is 9.47 Å². The lowest BCUT2D eigenvalue weighted by Gasteiger charge is -2.06. The second-order valence-corrected chi connectivity index (χ2v) is 10.3. The highest BCUT2D eigenvalue weighted by molar-refractivity contribution is 5.69. The largest absolute Gasteiger partial charge is 0.466 e. The second kappa shape index (κ2) is 28.7. The highest BCUT2D eigenvalue weighted by atomic mass is 16.5. The number of aryl methyl sites for hydroxylation is 1. The zero-order chi connectivity index (χ0) is 27.2. The van der Waals surface area contributed by atoms with Crippen molar-refractivity contribution in [3.05, 3.63) is 35.9 Å². The lowest BCUT2D eigenvalue weighted by atomic mass is 10.1. The first kappa shape index (κ1) is 35.2. The van der Waals surface area contributed by atoms with Gasteiger partial charge in [0.1, 0.15) is 0 Å². The van der Waals surface area contributed by atoms with E-state index in [1.54, 1.807) is 0 Å². The van der Waals surface area contributed by atoms with Crippen LogP contribution in [0.15, 0.2) is 30.3 Å². The van der Waals surface area contributed by atoms with Crippen molar-refractivity contribution in [3.8, 4) is 0 Å². The Morgan fingerprint density at radius 3 is 1.22 bits per heavy atom. The fraction of sp³-hybridized carbons (Fsp3) is 0.758. The maximum Gasteiger partial charge on any atom is 0.305 e. The number of carbonyl (C=O) groups excluding carboxylic acids is 2. The standard InChI is InChI=1S/C26H50O4.C7H8/c1-3-5-7-9-15-19-23-29-25(27)21-17-13-11-12-14-18-22-26(28)30-24-20-16-10-8-6-4-2;1-7-5-3-2-4-6-7/h3-24H2,1-2H3;2-6H,1H3. The van der Waals surface area contributed by atoms with Crippen molar-refractivity contribution in [1.29, 1.82) is 0 Å². The summed E-state index contributed by atoms with van der Waals surface area (Å²) in [5.41, 5.74) is 1.32. The van der Waals surface area contributed by atoms with Crippen LogP contribution in [0.3, 0.4) is 0 Å². The summed E-state index contributed by atoms with van der Waals surface area (Å²) >= 11 is 0. The van der Waals surface area contributed by atoms with Crippen LogP contribution in [0.4, 0.5) is 0 Å². The summed E-state index contributed by atoms with van der Waals surface area (Å²) in [5.74, 6) is -0.0895. The van der Waals surface area contributed by atoms with Gasteiger partial charge in [-0.2, -0.15) is 0 Å². The summed E-state index contributed by atoms with van der Waals surface area (Å²) in [6.45, 7) is 7.69. The van der Waals surface area contributed by atoms with Crippen molar-refractivity contribution in [2.75, 3.05) is 13.2 Å². The van der Waals surface area contributed by atoms with Gasteiger partial charge in [-0.3, -0.25) is 9.59 Å². The van der Waals surface area contributed by atoms with Crippen LogP contribution in [0.5, 0.6) is 0 Å². The average Bonchev–Trinajstić information content (AvgIpc) is 2.90. The summed E-state index contributed by atoms with van der Waals surface area (Å²) < 4.78 is 10.6. The van der Waals surface area contributed by atoms with E-state index in [-0.39, 0.29) is 11.9 Å². The number of unbranched alkanes of at least 4 members (excludes halogenated alkanes) is 15. The van der Waals surface area contributed by atoms with Crippen LogP contribution in [-0.4, -0.2) is 25.2 Å². The van der Waals surface area contributed by atoms with E-state index in [9.17, 15) is 9.59 Å². The van der Waals surface area contributed by atoms with Crippen LogP contribution in [0, 0.1) is 6.92 Å². The number of rotatable bonds is 23. The Hall–Kier alpha value is -1.84. The summed E-state index contributed by atoms with van der Waals surface area (Å²) in [6, 6.07) is 10.3. The summed E-state index contributed by atoms with van der Waals surface area (Å²) in [7, 11) is 0. The van der Waals surface area contributed by atoms with E-state index in [2.05, 4.69) is 32.9 Å². The Labute approximate surface area is 229 Å². The smallest absolute Gasteiger partial charge is 0.305 e. The predicted molar refractivity (Wildman–Crippen MR) is 157 cm³/mol. The zero-order valence-corrected chi connectivity index (χ0v) is 24.6. The number of hydrogen-bond donors (Lipinski definition) is 0. The van der Waals surface area contributed by atoms with Crippen LogP contribution in [-0.2, 0) is 19.1 Å². The Kier molecular flexibility index (Phi) is 27.3. The number of benzene rings is 1. The van der Waals surface area contributed by atoms with Gasteiger partial charge >= 0.3 is 11.9 Å². The molecule has 1 aromatic rings. The number of carbonyl (C=O) groups is 2. The Morgan fingerprint density at radius 1 is 0.514 bits per heavy atom. The van der Waals surface area contributed by atoms with Crippen LogP contribution in [0.25, 0.3) is 0 Å². The average molecular weight is 519 g/mol. The Balaban J connectivity index is 0.00000158. The van der Waals surface area contributed by atoms with Crippen molar-refractivity contribution >= 4 is 11.9 Å². The molecule has 1 aromatic carbocycles. The third kappa shape index (κ3) is 28.6. The fourth-order valence-electron chi connectivity index (χ4n) is 4.06. The van der Waals surface area contributed by atoms with E-state index in [1.165, 1.54) is 69.8 Å². The Morgan fingerprint density at radius 2 is 0.865 bits per heavy atom. The van der Waals surface area contributed by atoms with Gasteiger partial charge in [-0.15, -0.1) is 0 Å². The van der Waals surface area contributed by atoms with Crippen LogP contribution >= 0.6 is 0 Å². The highest BCUT2D eigenvalue weighted by Gasteiger charge is 2.04. The normalized spacial score (nSPS) is 10.5. The molecular formula is C33H58O4. The van der Waals surface area contributed by atoms with Gasteiger partial charge in [0.15, 0.2) is 0 Å². The first-order valence-corrected chi connectivity index (χ1v) is 15.4. The van der Waals surface area contributed by atoms with Gasteiger partial charge in [-0.1, -0.05) is 140 Å². The predicted octanol–water partition coefficient (Wildman–Crippen LogP) is 9.91. The van der Waals surface area contributed by atoms with E-state index in [0.717, 1.165) is 51.4 Å². The van der Waals surface area contributed by atoms with Crippen LogP contribution in [0.1, 0.15) is 148 Å². The highest BCUT2D eigenvalue weighted by Crippen LogP contribution is 2.11. The van der Waals surface area contributed by atoms with Crippen LogP contribution < -0.4 is 0 Å². The minimum atomic E-state index is -0.0448. The molecule has 0 fully saturated rings. The van der Waals surface area contributed by atoms with Gasteiger partial charge < -0.3 is 9.47 Å². The van der Waals surface area contributed by atoms with Gasteiger partial charge in [-0.05, 0) is 32.6 Å². The molecule has 0 heterocycles. The lowest BCUT2D eigenvalue weighted by molar-refractivity contribution is -0.144. The SMILES string of the molecule is CCCCCCCCOC(=O)CCCCCCCCC(=O)OCCCCCCCC.Cc1ccccc1. The number of hydrogen-bond acceptors (Lipinski definition) is 4. The van der Waals surface area contributed by atoms with Crippen molar-refractivity contribution in [2.45, 2.75) is 149 Å². The second-order valence-electron chi connectivity index (χ2n) is 10.3. The van der Waals surface area contributed by atoms with Gasteiger partial charge in [-0.25, -0.2) is 0 Å². The van der Waals surface area contributed by atoms with Crippen molar-refractivity contribution < 1.29 is 19.1 Å². The molecule has 0 radical (unpaired) electrons. The zero-order valence-electron chi connectivity index (χ0n) is 24.6. The van der Waals surface area contributed by atoms with Gasteiger partial charge in [0.05, 0.1) is 13.2 Å².